The number of nitriles is 1. The molecule has 0 aliphatic heterocycles. The van der Waals surface area contributed by atoms with Crippen LogP contribution in [0, 0.1) is 11.3 Å². The maximum Gasteiger partial charge on any atom is 0.489 e. The molecule has 0 atom stereocenters. The Labute approximate surface area is 78.5 Å². The van der Waals surface area contributed by atoms with E-state index in [0.717, 1.165) is 0 Å². The van der Waals surface area contributed by atoms with Gasteiger partial charge in [-0.05, 0) is 27.5 Å². The molecule has 1 aromatic carbocycles. The molecule has 0 saturated carbocycles. The van der Waals surface area contributed by atoms with E-state index >= 15 is 0 Å². The van der Waals surface area contributed by atoms with Crippen LogP contribution in [0.2, 0.25) is 0 Å². The topological polar surface area (TPSA) is 64.2 Å². The molecule has 0 radical (unpaired) electrons. The Morgan fingerprint density at radius 3 is 2.58 bits per heavy atom. The fourth-order valence-corrected chi connectivity index (χ4v) is 1.39. The molecule has 0 amide bonds. The molecular formula is C7H5BBrNO2. The Hall–Kier alpha value is -0.825. The molecule has 1 aromatic rings. The van der Waals surface area contributed by atoms with E-state index in [4.69, 9.17) is 15.3 Å². The van der Waals surface area contributed by atoms with Gasteiger partial charge in [-0.1, -0.05) is 12.1 Å². The van der Waals surface area contributed by atoms with Crippen molar-refractivity contribution >= 4 is 28.5 Å². The van der Waals surface area contributed by atoms with Crippen molar-refractivity contribution in [1.82, 2.24) is 0 Å². The number of benzene rings is 1. The zero-order valence-electron chi connectivity index (χ0n) is 6.03. The predicted octanol–water partition coefficient (Wildman–Crippen LogP) is 0.000580. The average Bonchev–Trinajstić information content (AvgIpc) is 2.04. The minimum atomic E-state index is -1.55. The molecule has 0 aliphatic carbocycles. The minimum absolute atomic E-state index is 0.300. The first kappa shape index (κ1) is 9.26. The van der Waals surface area contributed by atoms with Gasteiger partial charge < -0.3 is 10.0 Å². The van der Waals surface area contributed by atoms with E-state index in [2.05, 4.69) is 15.9 Å². The lowest BCUT2D eigenvalue weighted by Gasteiger charge is -2.02. The Kier molecular flexibility index (Phi) is 2.87. The summed E-state index contributed by atoms with van der Waals surface area (Å²) >= 11 is 3.10. The zero-order chi connectivity index (χ0) is 9.14. The molecule has 12 heavy (non-hydrogen) atoms. The maximum absolute atomic E-state index is 8.84. The summed E-state index contributed by atoms with van der Waals surface area (Å²) in [5.74, 6) is 0. The van der Waals surface area contributed by atoms with Gasteiger partial charge >= 0.3 is 7.12 Å². The second-order valence-corrected chi connectivity index (χ2v) is 2.99. The smallest absolute Gasteiger partial charge is 0.423 e. The maximum atomic E-state index is 8.84. The van der Waals surface area contributed by atoms with Gasteiger partial charge in [0.25, 0.3) is 0 Å². The van der Waals surface area contributed by atoms with Crippen LogP contribution in [-0.2, 0) is 0 Å². The normalized spacial score (nSPS) is 9.17. The highest BCUT2D eigenvalue weighted by molar-refractivity contribution is 9.10. The average molecular weight is 226 g/mol. The van der Waals surface area contributed by atoms with E-state index in [-0.39, 0.29) is 0 Å². The molecule has 0 aliphatic rings. The number of hydrogen-bond donors (Lipinski definition) is 2. The van der Waals surface area contributed by atoms with Gasteiger partial charge in [-0.25, -0.2) is 0 Å². The molecule has 0 heterocycles. The summed E-state index contributed by atoms with van der Waals surface area (Å²) in [6, 6.07) is 6.65. The van der Waals surface area contributed by atoms with E-state index < -0.39 is 7.12 Å². The zero-order valence-corrected chi connectivity index (χ0v) is 7.62. The fourth-order valence-electron chi connectivity index (χ4n) is 0.836. The van der Waals surface area contributed by atoms with Crippen LogP contribution in [0.15, 0.2) is 22.7 Å². The summed E-state index contributed by atoms with van der Waals surface area (Å²) in [5.41, 5.74) is 0.689. The van der Waals surface area contributed by atoms with E-state index in [1.807, 2.05) is 6.07 Å². The van der Waals surface area contributed by atoms with E-state index in [1.165, 1.54) is 6.07 Å². The van der Waals surface area contributed by atoms with E-state index in [9.17, 15) is 0 Å². The van der Waals surface area contributed by atoms with Crippen molar-refractivity contribution in [2.75, 3.05) is 0 Å². The van der Waals surface area contributed by atoms with Crippen LogP contribution < -0.4 is 5.46 Å². The van der Waals surface area contributed by atoms with Gasteiger partial charge in [0.1, 0.15) is 6.07 Å². The minimum Gasteiger partial charge on any atom is -0.423 e. The second-order valence-electron chi connectivity index (χ2n) is 2.19. The Balaban J connectivity index is 3.25. The van der Waals surface area contributed by atoms with Gasteiger partial charge in [-0.15, -0.1) is 0 Å². The summed E-state index contributed by atoms with van der Waals surface area (Å²) in [6.07, 6.45) is 0. The summed E-state index contributed by atoms with van der Waals surface area (Å²) < 4.78 is 0.433. The third kappa shape index (κ3) is 1.67. The third-order valence-corrected chi connectivity index (χ3v) is 2.31. The van der Waals surface area contributed by atoms with E-state index in [1.54, 1.807) is 12.1 Å². The van der Waals surface area contributed by atoms with Crippen LogP contribution in [0.5, 0.6) is 0 Å². The SMILES string of the molecule is N#Cc1cccc(B(O)O)c1Br. The first-order chi connectivity index (χ1) is 5.66. The fraction of sp³-hybridized carbons (Fsp3) is 0. The quantitative estimate of drug-likeness (QED) is 0.662. The highest BCUT2D eigenvalue weighted by Crippen LogP contribution is 2.12. The molecule has 3 nitrogen and oxygen atoms in total. The van der Waals surface area contributed by atoms with Gasteiger partial charge in [0, 0.05) is 4.47 Å². The molecule has 0 fully saturated rings. The molecule has 0 saturated heterocycles. The second kappa shape index (κ2) is 3.72. The summed E-state index contributed by atoms with van der Waals surface area (Å²) in [5, 5.41) is 26.3. The monoisotopic (exact) mass is 225 g/mol. The van der Waals surface area contributed by atoms with Crippen molar-refractivity contribution in [2.24, 2.45) is 0 Å². The van der Waals surface area contributed by atoms with Crippen LogP contribution in [0.4, 0.5) is 0 Å². The van der Waals surface area contributed by atoms with Crippen molar-refractivity contribution in [1.29, 1.82) is 5.26 Å². The van der Waals surface area contributed by atoms with Gasteiger partial charge in [0.2, 0.25) is 0 Å². The Bertz CT molecular complexity index is 335. The third-order valence-electron chi connectivity index (χ3n) is 1.43. The van der Waals surface area contributed by atoms with Crippen LogP contribution in [0.1, 0.15) is 5.56 Å². The van der Waals surface area contributed by atoms with Crippen LogP contribution >= 0.6 is 15.9 Å². The standard InChI is InChI=1S/C7H5BBrNO2/c9-7-5(4-10)2-1-3-6(7)8(11)12/h1-3,11-12H. The van der Waals surface area contributed by atoms with Gasteiger partial charge in [0.05, 0.1) is 5.56 Å². The van der Waals surface area contributed by atoms with Crippen molar-refractivity contribution in [2.45, 2.75) is 0 Å². The summed E-state index contributed by atoms with van der Waals surface area (Å²) in [4.78, 5) is 0. The molecule has 2 N–H and O–H groups in total. The Morgan fingerprint density at radius 2 is 2.08 bits per heavy atom. The van der Waals surface area contributed by atoms with Crippen molar-refractivity contribution in [3.8, 4) is 6.07 Å². The first-order valence-electron chi connectivity index (χ1n) is 3.21. The lowest BCUT2D eigenvalue weighted by atomic mass is 9.80. The molecule has 1 rings (SSSR count). The molecule has 60 valence electrons. The number of hydrogen-bond acceptors (Lipinski definition) is 3. The number of rotatable bonds is 1. The molecular weight excluding hydrogens is 221 g/mol. The van der Waals surface area contributed by atoms with Crippen molar-refractivity contribution < 1.29 is 10.0 Å². The first-order valence-corrected chi connectivity index (χ1v) is 4.00. The van der Waals surface area contributed by atoms with Crippen LogP contribution in [0.3, 0.4) is 0 Å². The molecule has 0 bridgehead atoms. The molecule has 0 aromatic heterocycles. The lowest BCUT2D eigenvalue weighted by Crippen LogP contribution is -2.31. The van der Waals surface area contributed by atoms with Gasteiger partial charge in [0.15, 0.2) is 0 Å². The largest absolute Gasteiger partial charge is 0.489 e. The highest BCUT2D eigenvalue weighted by atomic mass is 79.9. The molecule has 0 spiro atoms. The summed E-state index contributed by atoms with van der Waals surface area (Å²) in [7, 11) is -1.55. The lowest BCUT2D eigenvalue weighted by molar-refractivity contribution is 0.425. The van der Waals surface area contributed by atoms with Crippen molar-refractivity contribution in [3.63, 3.8) is 0 Å². The number of halogens is 1. The number of nitrogens with zero attached hydrogens (tertiary/aromatic N) is 1. The van der Waals surface area contributed by atoms with Gasteiger partial charge in [-0.2, -0.15) is 5.26 Å². The molecule has 5 heteroatoms. The molecule has 0 unspecified atom stereocenters. The van der Waals surface area contributed by atoms with E-state index in [0.29, 0.717) is 15.5 Å². The van der Waals surface area contributed by atoms with Crippen LogP contribution in [-0.4, -0.2) is 17.2 Å². The predicted molar refractivity (Wildman–Crippen MR) is 48.7 cm³/mol. The summed E-state index contributed by atoms with van der Waals surface area (Å²) in [6.45, 7) is 0. The van der Waals surface area contributed by atoms with Crippen molar-refractivity contribution in [3.05, 3.63) is 28.2 Å². The highest BCUT2D eigenvalue weighted by Gasteiger charge is 2.16. The Morgan fingerprint density at radius 1 is 1.42 bits per heavy atom. The van der Waals surface area contributed by atoms with Gasteiger partial charge in [-0.3, -0.25) is 0 Å². The van der Waals surface area contributed by atoms with Crippen LogP contribution in [0.25, 0.3) is 0 Å².